The molecule has 0 bridgehead atoms. The van der Waals surface area contributed by atoms with E-state index in [0.29, 0.717) is 0 Å². The van der Waals surface area contributed by atoms with Crippen molar-refractivity contribution in [2.75, 3.05) is 13.2 Å². The molecule has 13 nitrogen and oxygen atoms in total. The number of carbonyl (C=O) groups is 5. The second-order valence-corrected chi connectivity index (χ2v) is 5.36. The van der Waals surface area contributed by atoms with E-state index in [-0.39, 0.29) is 0 Å². The maximum absolute atomic E-state index is 12.0. The summed E-state index contributed by atoms with van der Waals surface area (Å²) in [6.07, 6.45) is -1.80. The van der Waals surface area contributed by atoms with Crippen LogP contribution in [-0.2, 0) is 24.0 Å². The Hall–Kier alpha value is -2.77. The van der Waals surface area contributed by atoms with E-state index < -0.39 is 73.4 Å². The minimum Gasteiger partial charge on any atom is -0.480 e. The average molecular weight is 377 g/mol. The molecule has 0 spiro atoms. The summed E-state index contributed by atoms with van der Waals surface area (Å²) in [6.45, 7) is -0.257. The topological polar surface area (TPSA) is 234 Å². The number of aliphatic hydroxyl groups is 2. The van der Waals surface area contributed by atoms with Gasteiger partial charge in [-0.05, 0) is 6.92 Å². The lowest BCUT2D eigenvalue weighted by Gasteiger charge is -2.20. The number of carboxylic acids is 1. The van der Waals surface area contributed by atoms with Gasteiger partial charge in [-0.3, -0.25) is 19.2 Å². The van der Waals surface area contributed by atoms with Crippen LogP contribution >= 0.6 is 0 Å². The van der Waals surface area contributed by atoms with Crippen molar-refractivity contribution in [1.29, 1.82) is 0 Å². The lowest BCUT2D eigenvalue weighted by atomic mass is 10.1. The number of amides is 4. The van der Waals surface area contributed by atoms with Crippen LogP contribution < -0.4 is 27.4 Å². The van der Waals surface area contributed by atoms with Gasteiger partial charge in [-0.1, -0.05) is 0 Å². The highest BCUT2D eigenvalue weighted by Crippen LogP contribution is 1.95. The minimum atomic E-state index is -1.64. The fraction of sp³-hybridized carbons (Fsp3) is 0.615. The molecule has 4 atom stereocenters. The number of nitrogens with one attached hydrogen (secondary N) is 3. The molecule has 10 N–H and O–H groups in total. The molecule has 0 fully saturated rings. The van der Waals surface area contributed by atoms with E-state index in [2.05, 4.69) is 10.6 Å². The largest absolute Gasteiger partial charge is 0.480 e. The Kier molecular flexibility index (Phi) is 9.80. The molecule has 0 radical (unpaired) electrons. The van der Waals surface area contributed by atoms with Gasteiger partial charge in [-0.2, -0.15) is 0 Å². The Bertz CT molecular complexity index is 553. The molecule has 26 heavy (non-hydrogen) atoms. The summed E-state index contributed by atoms with van der Waals surface area (Å²) in [6, 6.07) is -4.43. The van der Waals surface area contributed by atoms with Crippen molar-refractivity contribution in [1.82, 2.24) is 16.0 Å². The summed E-state index contributed by atoms with van der Waals surface area (Å²) in [7, 11) is 0. The molecular formula is C13H23N5O8. The van der Waals surface area contributed by atoms with E-state index in [9.17, 15) is 24.0 Å². The van der Waals surface area contributed by atoms with Crippen LogP contribution in [0.1, 0.15) is 13.3 Å². The zero-order chi connectivity index (χ0) is 20.4. The fourth-order valence-corrected chi connectivity index (χ4v) is 1.62. The van der Waals surface area contributed by atoms with Gasteiger partial charge in [0, 0.05) is 0 Å². The summed E-state index contributed by atoms with van der Waals surface area (Å²) < 4.78 is 0. The van der Waals surface area contributed by atoms with E-state index in [4.69, 9.17) is 26.8 Å². The highest BCUT2D eigenvalue weighted by Gasteiger charge is 2.27. The number of aliphatic carboxylic acids is 1. The number of hydrogen-bond donors (Lipinski definition) is 8. The molecule has 0 aliphatic heterocycles. The number of hydrogen-bond acceptors (Lipinski definition) is 8. The van der Waals surface area contributed by atoms with Crippen LogP contribution in [0.5, 0.6) is 0 Å². The lowest BCUT2D eigenvalue weighted by Crippen LogP contribution is -2.55. The van der Waals surface area contributed by atoms with E-state index in [0.717, 1.165) is 0 Å². The maximum atomic E-state index is 12.0. The molecule has 0 saturated heterocycles. The van der Waals surface area contributed by atoms with E-state index >= 15 is 0 Å². The number of carbonyl (C=O) groups excluding carboxylic acids is 4. The summed E-state index contributed by atoms with van der Waals surface area (Å²) in [5.41, 5.74) is 10.3. The van der Waals surface area contributed by atoms with E-state index in [1.807, 2.05) is 5.32 Å². The molecule has 4 unspecified atom stereocenters. The van der Waals surface area contributed by atoms with Crippen LogP contribution in [0.3, 0.4) is 0 Å². The Morgan fingerprint density at radius 2 is 1.62 bits per heavy atom. The fourth-order valence-electron chi connectivity index (χ4n) is 1.62. The standard InChI is InChI=1S/C13H23N5O8/c1-5(20)10(15)12(24)16-3-9(22)17-6(2-8(14)21)11(23)18-7(4-19)13(25)26/h5-7,10,19-20H,2-4,15H2,1H3,(H2,14,21)(H,16,24)(H,17,22)(H,18,23)(H,25,26). The van der Waals surface area contributed by atoms with Gasteiger partial charge in [0.1, 0.15) is 18.1 Å². The Balaban J connectivity index is 4.81. The molecule has 0 aliphatic carbocycles. The maximum Gasteiger partial charge on any atom is 0.328 e. The highest BCUT2D eigenvalue weighted by molar-refractivity contribution is 5.95. The quantitative estimate of drug-likeness (QED) is 0.171. The molecule has 0 aromatic heterocycles. The van der Waals surface area contributed by atoms with Gasteiger partial charge in [0.15, 0.2) is 0 Å². The number of rotatable bonds is 11. The molecule has 0 saturated carbocycles. The van der Waals surface area contributed by atoms with Gasteiger partial charge in [-0.25, -0.2) is 4.79 Å². The van der Waals surface area contributed by atoms with Crippen molar-refractivity contribution in [3.8, 4) is 0 Å². The molecule has 0 heterocycles. The van der Waals surface area contributed by atoms with Gasteiger partial charge in [0.05, 0.1) is 25.7 Å². The van der Waals surface area contributed by atoms with E-state index in [1.165, 1.54) is 6.92 Å². The SMILES string of the molecule is CC(O)C(N)C(=O)NCC(=O)NC(CC(N)=O)C(=O)NC(CO)C(=O)O. The molecule has 4 amide bonds. The Labute approximate surface area is 148 Å². The smallest absolute Gasteiger partial charge is 0.328 e. The predicted octanol–water partition coefficient (Wildman–Crippen LogP) is -5.27. The van der Waals surface area contributed by atoms with Crippen molar-refractivity contribution in [3.05, 3.63) is 0 Å². The van der Waals surface area contributed by atoms with Crippen LogP contribution in [0.15, 0.2) is 0 Å². The van der Waals surface area contributed by atoms with Gasteiger partial charge < -0.3 is 42.7 Å². The van der Waals surface area contributed by atoms with Crippen LogP contribution in [0, 0.1) is 0 Å². The zero-order valence-electron chi connectivity index (χ0n) is 14.0. The molecule has 0 aromatic rings. The third kappa shape index (κ3) is 8.36. The lowest BCUT2D eigenvalue weighted by molar-refractivity contribution is -0.143. The summed E-state index contributed by atoms with van der Waals surface area (Å²) in [5, 5.41) is 33.0. The normalized spacial score (nSPS) is 15.1. The Morgan fingerprint density at radius 3 is 2.04 bits per heavy atom. The Morgan fingerprint density at radius 1 is 1.04 bits per heavy atom. The predicted molar refractivity (Wildman–Crippen MR) is 85.1 cm³/mol. The first-order valence-electron chi connectivity index (χ1n) is 7.42. The second-order valence-electron chi connectivity index (χ2n) is 5.36. The third-order valence-electron chi connectivity index (χ3n) is 3.10. The van der Waals surface area contributed by atoms with Gasteiger partial charge in [-0.15, -0.1) is 0 Å². The molecule has 148 valence electrons. The monoisotopic (exact) mass is 377 g/mol. The number of carboxylic acid groups (broad SMARTS) is 1. The van der Waals surface area contributed by atoms with Crippen molar-refractivity contribution in [2.24, 2.45) is 11.5 Å². The van der Waals surface area contributed by atoms with Gasteiger partial charge in [0.25, 0.3) is 0 Å². The minimum absolute atomic E-state index is 0.621. The van der Waals surface area contributed by atoms with Crippen molar-refractivity contribution < 1.29 is 39.3 Å². The first-order valence-corrected chi connectivity index (χ1v) is 7.42. The number of aliphatic hydroxyl groups excluding tert-OH is 2. The first-order chi connectivity index (χ1) is 12.0. The van der Waals surface area contributed by atoms with Crippen molar-refractivity contribution in [2.45, 2.75) is 37.6 Å². The summed E-state index contributed by atoms with van der Waals surface area (Å²) in [4.78, 5) is 57.1. The first kappa shape index (κ1) is 23.2. The van der Waals surface area contributed by atoms with Gasteiger partial charge >= 0.3 is 5.97 Å². The number of nitrogens with two attached hydrogens (primary N) is 2. The zero-order valence-corrected chi connectivity index (χ0v) is 14.0. The molecule has 0 aromatic carbocycles. The number of primary amides is 1. The molecule has 0 aliphatic rings. The van der Waals surface area contributed by atoms with Gasteiger partial charge in [0.2, 0.25) is 23.6 Å². The summed E-state index contributed by atoms with van der Waals surface area (Å²) >= 11 is 0. The van der Waals surface area contributed by atoms with Crippen LogP contribution in [-0.4, -0.2) is 82.3 Å². The second kappa shape index (κ2) is 11.0. The third-order valence-corrected chi connectivity index (χ3v) is 3.10. The average Bonchev–Trinajstić information content (AvgIpc) is 2.54. The molecule has 13 heteroatoms. The van der Waals surface area contributed by atoms with Crippen molar-refractivity contribution >= 4 is 29.6 Å². The molecule has 0 rings (SSSR count). The molecular weight excluding hydrogens is 354 g/mol. The van der Waals surface area contributed by atoms with Crippen LogP contribution in [0.4, 0.5) is 0 Å². The van der Waals surface area contributed by atoms with Crippen LogP contribution in [0.2, 0.25) is 0 Å². The van der Waals surface area contributed by atoms with E-state index in [1.54, 1.807) is 0 Å². The highest BCUT2D eigenvalue weighted by atomic mass is 16.4. The van der Waals surface area contributed by atoms with Crippen LogP contribution in [0.25, 0.3) is 0 Å². The van der Waals surface area contributed by atoms with Crippen molar-refractivity contribution in [3.63, 3.8) is 0 Å². The summed E-state index contributed by atoms with van der Waals surface area (Å²) in [5.74, 6) is -5.26.